The van der Waals surface area contributed by atoms with E-state index in [2.05, 4.69) is 9.79 Å². The number of aliphatic hydroxyl groups excluding tert-OH is 1. The number of aromatic nitrogens is 2. The van der Waals surface area contributed by atoms with Crippen molar-refractivity contribution in [2.45, 2.75) is 6.61 Å². The molecule has 1 aromatic heterocycles. The van der Waals surface area contributed by atoms with Gasteiger partial charge < -0.3 is 10.3 Å². The number of hydrogen-bond acceptors (Lipinski definition) is 4. The largest absolute Gasteiger partial charge is 0.388 e. The first kappa shape index (κ1) is 9.60. The molecule has 78 valence electrons. The van der Waals surface area contributed by atoms with Crippen LogP contribution in [-0.2, 0) is 6.61 Å². The van der Waals surface area contributed by atoms with Crippen molar-refractivity contribution in [3.8, 4) is 11.3 Å². The summed E-state index contributed by atoms with van der Waals surface area (Å²) in [5.74, 6) is -0.386. The molecule has 5 nitrogen and oxygen atoms in total. The summed E-state index contributed by atoms with van der Waals surface area (Å²) in [5, 5.41) is 23.4. The van der Waals surface area contributed by atoms with Crippen molar-refractivity contribution in [2.24, 2.45) is 0 Å². The Balaban J connectivity index is 2.49. The van der Waals surface area contributed by atoms with Crippen molar-refractivity contribution in [1.82, 2.24) is 5.16 Å². The van der Waals surface area contributed by atoms with E-state index in [1.165, 1.54) is 24.3 Å². The van der Waals surface area contributed by atoms with Gasteiger partial charge in [0.25, 0.3) is 5.69 Å². The van der Waals surface area contributed by atoms with Crippen molar-refractivity contribution in [1.29, 1.82) is 0 Å². The van der Waals surface area contributed by atoms with Crippen molar-refractivity contribution >= 4 is 0 Å². The fraction of sp³-hybridized carbons (Fsp3) is 0.111. The number of rotatable bonds is 2. The summed E-state index contributed by atoms with van der Waals surface area (Å²) >= 11 is 0. The van der Waals surface area contributed by atoms with Gasteiger partial charge in [-0.1, -0.05) is 0 Å². The average molecular weight is 210 g/mol. The molecule has 0 atom stereocenters. The van der Waals surface area contributed by atoms with Gasteiger partial charge in [-0.15, -0.1) is 0 Å². The van der Waals surface area contributed by atoms with Crippen LogP contribution >= 0.6 is 0 Å². The fourth-order valence-corrected chi connectivity index (χ4v) is 1.23. The van der Waals surface area contributed by atoms with Crippen LogP contribution < -0.4 is 4.90 Å². The first-order valence-corrected chi connectivity index (χ1v) is 4.18. The lowest BCUT2D eigenvalue weighted by molar-refractivity contribution is -0.809. The molecule has 0 aliphatic carbocycles. The van der Waals surface area contributed by atoms with Crippen molar-refractivity contribution in [2.75, 3.05) is 0 Å². The van der Waals surface area contributed by atoms with Crippen LogP contribution in [0.4, 0.5) is 4.39 Å². The third-order valence-electron chi connectivity index (χ3n) is 1.97. The van der Waals surface area contributed by atoms with Crippen molar-refractivity contribution < 1.29 is 19.0 Å². The summed E-state index contributed by atoms with van der Waals surface area (Å²) in [6.07, 6.45) is 0. The second-order valence-corrected chi connectivity index (χ2v) is 2.89. The molecule has 6 heteroatoms. The van der Waals surface area contributed by atoms with Gasteiger partial charge in [-0.25, -0.2) is 4.39 Å². The molecule has 0 amide bonds. The molecule has 0 unspecified atom stereocenters. The van der Waals surface area contributed by atoms with Gasteiger partial charge in [0.15, 0.2) is 0 Å². The molecule has 0 spiro atoms. The minimum Gasteiger partial charge on any atom is -0.388 e. The summed E-state index contributed by atoms with van der Waals surface area (Å²) in [6, 6.07) is 5.37. The van der Waals surface area contributed by atoms with E-state index < -0.39 is 6.61 Å². The zero-order valence-corrected chi connectivity index (χ0v) is 7.55. The van der Waals surface area contributed by atoms with E-state index in [0.29, 0.717) is 5.56 Å². The molecule has 0 saturated heterocycles. The topological polar surface area (TPSA) is 73.2 Å². The highest BCUT2D eigenvalue weighted by atomic mass is 19.1. The lowest BCUT2D eigenvalue weighted by atomic mass is 10.1. The Kier molecular flexibility index (Phi) is 2.34. The molecule has 15 heavy (non-hydrogen) atoms. The maximum atomic E-state index is 12.6. The molecule has 2 aromatic rings. The van der Waals surface area contributed by atoms with Gasteiger partial charge >= 0.3 is 0 Å². The Bertz CT molecular complexity index is 467. The number of nitrogens with zero attached hydrogens (tertiary/aromatic N) is 2. The van der Waals surface area contributed by atoms with E-state index >= 15 is 0 Å². The Hall–Kier alpha value is -1.95. The van der Waals surface area contributed by atoms with Gasteiger partial charge in [-0.2, -0.15) is 0 Å². The molecule has 0 bridgehead atoms. The molecular formula is C9H7FN2O3. The fourth-order valence-electron chi connectivity index (χ4n) is 1.23. The third-order valence-corrected chi connectivity index (χ3v) is 1.97. The van der Waals surface area contributed by atoms with Gasteiger partial charge in [0.1, 0.15) is 12.4 Å². The van der Waals surface area contributed by atoms with Crippen LogP contribution in [0.5, 0.6) is 0 Å². The van der Waals surface area contributed by atoms with Gasteiger partial charge in [0.05, 0.1) is 0 Å². The third kappa shape index (κ3) is 1.66. The smallest absolute Gasteiger partial charge is 0.253 e. The number of benzene rings is 1. The normalized spacial score (nSPS) is 10.5. The number of hydrogen-bond donors (Lipinski definition) is 1. The average Bonchev–Trinajstić information content (AvgIpc) is 2.61. The molecule has 1 N–H and O–H groups in total. The second-order valence-electron chi connectivity index (χ2n) is 2.89. The van der Waals surface area contributed by atoms with Gasteiger partial charge in [0, 0.05) is 10.7 Å². The van der Waals surface area contributed by atoms with Crippen LogP contribution in [0, 0.1) is 11.0 Å². The van der Waals surface area contributed by atoms with E-state index in [4.69, 9.17) is 5.11 Å². The van der Waals surface area contributed by atoms with Crippen molar-refractivity contribution in [3.63, 3.8) is 0 Å². The molecule has 1 aromatic carbocycles. The second kappa shape index (κ2) is 3.66. The SMILES string of the molecule is [O-][n+]1onc(-c2ccc(F)cc2)c1CO. The van der Waals surface area contributed by atoms with Crippen molar-refractivity contribution in [3.05, 3.63) is 41.0 Å². The zero-order chi connectivity index (χ0) is 10.8. The molecule has 0 aliphatic rings. The van der Waals surface area contributed by atoms with E-state index in [1.54, 1.807) is 0 Å². The minimum absolute atomic E-state index is 0.00149. The Morgan fingerprint density at radius 1 is 1.40 bits per heavy atom. The first-order chi connectivity index (χ1) is 7.22. The monoisotopic (exact) mass is 210 g/mol. The highest BCUT2D eigenvalue weighted by Crippen LogP contribution is 2.19. The predicted octanol–water partition coefficient (Wildman–Crippen LogP) is 0.606. The minimum atomic E-state index is -0.486. The van der Waals surface area contributed by atoms with Crippen LogP contribution in [0.15, 0.2) is 28.9 Å². The number of aliphatic hydroxyl groups is 1. The lowest BCUT2D eigenvalue weighted by Gasteiger charge is -1.94. The van der Waals surface area contributed by atoms with Crippen LogP contribution in [0.25, 0.3) is 11.3 Å². The van der Waals surface area contributed by atoms with Crippen LogP contribution in [0.1, 0.15) is 5.69 Å². The summed E-state index contributed by atoms with van der Waals surface area (Å²) in [4.78, 5) is 0.124. The Morgan fingerprint density at radius 3 is 2.67 bits per heavy atom. The van der Waals surface area contributed by atoms with Gasteiger partial charge in [0.2, 0.25) is 5.69 Å². The van der Waals surface area contributed by atoms with E-state index in [-0.39, 0.29) is 22.1 Å². The Morgan fingerprint density at radius 2 is 2.07 bits per heavy atom. The predicted molar refractivity (Wildman–Crippen MR) is 46.8 cm³/mol. The van der Waals surface area contributed by atoms with E-state index in [1.807, 2.05) is 0 Å². The first-order valence-electron chi connectivity index (χ1n) is 4.18. The summed E-state index contributed by atoms with van der Waals surface area (Å²) in [6.45, 7) is -0.486. The van der Waals surface area contributed by atoms with E-state index in [0.717, 1.165) is 0 Å². The molecule has 0 aliphatic heterocycles. The molecule has 0 saturated carbocycles. The van der Waals surface area contributed by atoms with Crippen LogP contribution in [-0.4, -0.2) is 10.3 Å². The zero-order valence-electron chi connectivity index (χ0n) is 7.55. The summed E-state index contributed by atoms with van der Waals surface area (Å²) in [7, 11) is 0. The molecule has 0 fully saturated rings. The quantitative estimate of drug-likeness (QED) is 0.737. The molecule has 0 radical (unpaired) electrons. The Labute approximate surface area is 83.9 Å². The molecular weight excluding hydrogens is 203 g/mol. The standard InChI is InChI=1S/C9H7FN2O3/c10-7-3-1-6(2-4-7)9-8(5-13)12(14)15-11-9/h1-4,13H,5H2. The maximum absolute atomic E-state index is 12.6. The van der Waals surface area contributed by atoms with Crippen LogP contribution in [0.2, 0.25) is 0 Å². The summed E-state index contributed by atoms with van der Waals surface area (Å²) in [5.41, 5.74) is 0.730. The highest BCUT2D eigenvalue weighted by Gasteiger charge is 2.19. The maximum Gasteiger partial charge on any atom is 0.253 e. The molecule has 2 rings (SSSR count). The molecule has 1 heterocycles. The highest BCUT2D eigenvalue weighted by molar-refractivity contribution is 5.59. The van der Waals surface area contributed by atoms with Crippen LogP contribution in [0.3, 0.4) is 0 Å². The summed E-state index contributed by atoms with van der Waals surface area (Å²) < 4.78 is 17.0. The van der Waals surface area contributed by atoms with Gasteiger partial charge in [-0.3, -0.25) is 4.63 Å². The number of halogens is 1. The van der Waals surface area contributed by atoms with Gasteiger partial charge in [-0.05, 0) is 29.2 Å². The van der Waals surface area contributed by atoms with E-state index in [9.17, 15) is 9.60 Å². The lowest BCUT2D eigenvalue weighted by Crippen LogP contribution is -2.28.